The molecule has 0 spiro atoms. The molecule has 3 heterocycles. The SMILES string of the molecule is COc1ccc(C2/C(=C(\O)c3ccc4c(c3)CCO4)C(=O)C(=O)N2c2ccc3c(c2)OCO3)cc1OC. The summed E-state index contributed by atoms with van der Waals surface area (Å²) in [4.78, 5) is 28.3. The van der Waals surface area contributed by atoms with E-state index in [4.69, 9.17) is 23.7 Å². The Hall–Kier alpha value is -4.66. The number of hydrogen-bond donors (Lipinski definition) is 1. The first-order valence-electron chi connectivity index (χ1n) is 11.7. The average Bonchev–Trinajstić information content (AvgIpc) is 3.65. The van der Waals surface area contributed by atoms with Crippen molar-refractivity contribution in [3.05, 3.63) is 76.9 Å². The van der Waals surface area contributed by atoms with Crippen LogP contribution in [-0.2, 0) is 16.0 Å². The van der Waals surface area contributed by atoms with Gasteiger partial charge in [-0.05, 0) is 53.6 Å². The summed E-state index contributed by atoms with van der Waals surface area (Å²) >= 11 is 0. The number of carbonyl (C=O) groups excluding carboxylic acids is 2. The van der Waals surface area contributed by atoms with E-state index in [0.29, 0.717) is 52.8 Å². The lowest BCUT2D eigenvalue weighted by atomic mass is 9.94. The largest absolute Gasteiger partial charge is 0.507 e. The fourth-order valence-corrected chi connectivity index (χ4v) is 4.96. The molecule has 1 fully saturated rings. The number of ether oxygens (including phenoxy) is 5. The lowest BCUT2D eigenvalue weighted by molar-refractivity contribution is -0.132. The second-order valence-electron chi connectivity index (χ2n) is 8.74. The number of fused-ring (bicyclic) bond motifs is 2. The molecule has 6 rings (SSSR count). The van der Waals surface area contributed by atoms with Crippen molar-refractivity contribution in [1.82, 2.24) is 0 Å². The van der Waals surface area contributed by atoms with Gasteiger partial charge in [-0.2, -0.15) is 0 Å². The molecular formula is C28H23NO8. The van der Waals surface area contributed by atoms with Gasteiger partial charge in [0, 0.05) is 23.7 Å². The topological polar surface area (TPSA) is 104 Å². The van der Waals surface area contributed by atoms with Gasteiger partial charge in [0.05, 0.1) is 32.4 Å². The number of aliphatic hydroxyl groups excluding tert-OH is 1. The van der Waals surface area contributed by atoms with Gasteiger partial charge in [-0.15, -0.1) is 0 Å². The quantitative estimate of drug-likeness (QED) is 0.318. The second-order valence-corrected chi connectivity index (χ2v) is 8.74. The van der Waals surface area contributed by atoms with Gasteiger partial charge in [-0.25, -0.2) is 0 Å². The molecule has 1 unspecified atom stereocenters. The summed E-state index contributed by atoms with van der Waals surface area (Å²) in [6.45, 7) is 0.623. The van der Waals surface area contributed by atoms with E-state index in [-0.39, 0.29) is 18.1 Å². The van der Waals surface area contributed by atoms with Gasteiger partial charge in [0.1, 0.15) is 11.5 Å². The molecule has 0 aliphatic carbocycles. The average molecular weight is 501 g/mol. The summed E-state index contributed by atoms with van der Waals surface area (Å²) in [5.74, 6) is 0.824. The highest BCUT2D eigenvalue weighted by atomic mass is 16.7. The summed E-state index contributed by atoms with van der Waals surface area (Å²) in [6, 6.07) is 14.4. The Kier molecular flexibility index (Phi) is 5.40. The molecule has 9 nitrogen and oxygen atoms in total. The van der Waals surface area contributed by atoms with Crippen LogP contribution in [0.2, 0.25) is 0 Å². The summed E-state index contributed by atoms with van der Waals surface area (Å²) < 4.78 is 27.3. The molecule has 9 heteroatoms. The van der Waals surface area contributed by atoms with Crippen molar-refractivity contribution >= 4 is 23.1 Å². The number of amides is 1. The minimum absolute atomic E-state index is 0.0336. The van der Waals surface area contributed by atoms with Gasteiger partial charge in [0.15, 0.2) is 23.0 Å². The summed E-state index contributed by atoms with van der Waals surface area (Å²) in [5.41, 5.74) is 2.30. The molecule has 0 aromatic heterocycles. The lowest BCUT2D eigenvalue weighted by Gasteiger charge is -2.26. The number of aliphatic hydroxyl groups is 1. The van der Waals surface area contributed by atoms with Crippen molar-refractivity contribution in [3.8, 4) is 28.7 Å². The molecule has 188 valence electrons. The van der Waals surface area contributed by atoms with Crippen LogP contribution < -0.4 is 28.6 Å². The molecule has 3 aromatic carbocycles. The number of rotatable bonds is 5. The van der Waals surface area contributed by atoms with E-state index >= 15 is 0 Å². The van der Waals surface area contributed by atoms with Crippen LogP contribution in [0.25, 0.3) is 5.76 Å². The Morgan fingerprint density at radius 1 is 0.892 bits per heavy atom. The third-order valence-electron chi connectivity index (χ3n) is 6.76. The zero-order valence-electron chi connectivity index (χ0n) is 20.1. The van der Waals surface area contributed by atoms with E-state index < -0.39 is 17.7 Å². The Labute approximate surface area is 212 Å². The molecule has 3 aromatic rings. The Balaban J connectivity index is 1.54. The Morgan fingerprint density at radius 3 is 2.49 bits per heavy atom. The lowest BCUT2D eigenvalue weighted by Crippen LogP contribution is -2.29. The predicted octanol–water partition coefficient (Wildman–Crippen LogP) is 3.99. The van der Waals surface area contributed by atoms with Crippen molar-refractivity contribution < 1.29 is 38.4 Å². The summed E-state index contributed by atoms with van der Waals surface area (Å²) in [7, 11) is 3.02. The van der Waals surface area contributed by atoms with E-state index in [1.165, 1.54) is 19.1 Å². The number of carbonyl (C=O) groups is 2. The third-order valence-corrected chi connectivity index (χ3v) is 6.76. The smallest absolute Gasteiger partial charge is 0.300 e. The number of hydrogen-bond acceptors (Lipinski definition) is 8. The monoisotopic (exact) mass is 501 g/mol. The third kappa shape index (κ3) is 3.62. The van der Waals surface area contributed by atoms with Crippen LogP contribution in [0, 0.1) is 0 Å². The molecular weight excluding hydrogens is 478 g/mol. The van der Waals surface area contributed by atoms with Crippen molar-refractivity contribution in [3.63, 3.8) is 0 Å². The number of nitrogens with zero attached hydrogens (tertiary/aromatic N) is 1. The normalized spacial score (nSPS) is 19.1. The number of ketones is 1. The van der Waals surface area contributed by atoms with Gasteiger partial charge in [-0.3, -0.25) is 14.5 Å². The minimum atomic E-state index is -0.940. The molecule has 1 amide bonds. The van der Waals surface area contributed by atoms with Crippen LogP contribution >= 0.6 is 0 Å². The maximum atomic E-state index is 13.5. The van der Waals surface area contributed by atoms with Crippen LogP contribution in [-0.4, -0.2) is 44.4 Å². The zero-order valence-corrected chi connectivity index (χ0v) is 20.1. The first-order chi connectivity index (χ1) is 18.0. The van der Waals surface area contributed by atoms with E-state index in [1.807, 2.05) is 0 Å². The van der Waals surface area contributed by atoms with Crippen LogP contribution in [0.1, 0.15) is 22.7 Å². The van der Waals surface area contributed by atoms with Crippen molar-refractivity contribution in [2.45, 2.75) is 12.5 Å². The first-order valence-corrected chi connectivity index (χ1v) is 11.7. The zero-order chi connectivity index (χ0) is 25.7. The van der Waals surface area contributed by atoms with Gasteiger partial charge < -0.3 is 28.8 Å². The molecule has 1 atom stereocenters. The van der Waals surface area contributed by atoms with E-state index in [1.54, 1.807) is 54.6 Å². The van der Waals surface area contributed by atoms with E-state index in [2.05, 4.69) is 0 Å². The Bertz CT molecular complexity index is 1480. The maximum Gasteiger partial charge on any atom is 0.300 e. The van der Waals surface area contributed by atoms with Gasteiger partial charge >= 0.3 is 0 Å². The first kappa shape index (κ1) is 22.8. The highest BCUT2D eigenvalue weighted by molar-refractivity contribution is 6.51. The molecule has 3 aliphatic rings. The fourth-order valence-electron chi connectivity index (χ4n) is 4.96. The molecule has 0 saturated carbocycles. The molecule has 1 N–H and O–H groups in total. The van der Waals surface area contributed by atoms with Gasteiger partial charge in [0.25, 0.3) is 11.7 Å². The molecule has 0 radical (unpaired) electrons. The summed E-state index contributed by atoms with van der Waals surface area (Å²) in [5, 5.41) is 11.5. The fraction of sp³-hybridized carbons (Fsp3) is 0.214. The number of anilines is 1. The van der Waals surface area contributed by atoms with Gasteiger partial charge in [0.2, 0.25) is 6.79 Å². The number of methoxy groups -OCH3 is 2. The predicted molar refractivity (Wildman–Crippen MR) is 133 cm³/mol. The molecule has 0 bridgehead atoms. The van der Waals surface area contributed by atoms with Crippen LogP contribution in [0.4, 0.5) is 5.69 Å². The molecule has 3 aliphatic heterocycles. The Morgan fingerprint density at radius 2 is 1.68 bits per heavy atom. The van der Waals surface area contributed by atoms with E-state index in [9.17, 15) is 14.7 Å². The molecule has 1 saturated heterocycles. The standard InChI is InChI=1S/C28H23NO8/c1-33-20-7-3-16(12-22(20)34-2)25-24(26(30)17-4-6-19-15(11-17)9-10-35-19)27(31)28(32)29(25)18-5-8-21-23(13-18)37-14-36-21/h3-8,11-13,25,30H,9-10,14H2,1-2H3/b26-24+. The van der Waals surface area contributed by atoms with Crippen molar-refractivity contribution in [2.24, 2.45) is 0 Å². The van der Waals surface area contributed by atoms with Crippen LogP contribution in [0.15, 0.2) is 60.2 Å². The summed E-state index contributed by atoms with van der Waals surface area (Å²) in [6.07, 6.45) is 0.696. The van der Waals surface area contributed by atoms with Gasteiger partial charge in [-0.1, -0.05) is 6.07 Å². The highest BCUT2D eigenvalue weighted by Gasteiger charge is 2.47. The van der Waals surface area contributed by atoms with Crippen LogP contribution in [0.3, 0.4) is 0 Å². The van der Waals surface area contributed by atoms with Crippen molar-refractivity contribution in [2.75, 3.05) is 32.5 Å². The van der Waals surface area contributed by atoms with Crippen molar-refractivity contribution in [1.29, 1.82) is 0 Å². The minimum Gasteiger partial charge on any atom is -0.507 e. The number of benzene rings is 3. The maximum absolute atomic E-state index is 13.5. The number of Topliss-reactive ketones (excluding diaryl/α,β-unsaturated/α-hetero) is 1. The van der Waals surface area contributed by atoms with Crippen LogP contribution in [0.5, 0.6) is 28.7 Å². The molecule has 37 heavy (non-hydrogen) atoms. The highest BCUT2D eigenvalue weighted by Crippen LogP contribution is 2.46. The van der Waals surface area contributed by atoms with E-state index in [0.717, 1.165) is 11.3 Å². The second kappa shape index (κ2) is 8.77.